The summed E-state index contributed by atoms with van der Waals surface area (Å²) in [6.07, 6.45) is 3.13. The number of nitrogens with zero attached hydrogens (tertiary/aromatic N) is 2. The van der Waals surface area contributed by atoms with Crippen molar-refractivity contribution in [3.8, 4) is 5.75 Å². The number of rotatable bonds is 9. The molecule has 0 radical (unpaired) electrons. The molecule has 8 nitrogen and oxygen atoms in total. The van der Waals surface area contributed by atoms with Crippen LogP contribution in [-0.2, 0) is 34.4 Å². The number of piperidine rings is 1. The van der Waals surface area contributed by atoms with Gasteiger partial charge in [0, 0.05) is 19.6 Å². The van der Waals surface area contributed by atoms with Crippen molar-refractivity contribution >= 4 is 15.9 Å². The van der Waals surface area contributed by atoms with Crippen LogP contribution >= 0.6 is 0 Å². The topological polar surface area (TPSA) is 102 Å². The van der Waals surface area contributed by atoms with Gasteiger partial charge < -0.3 is 14.6 Å². The fourth-order valence-electron chi connectivity index (χ4n) is 4.05. The molecule has 1 amide bonds. The Morgan fingerprint density at radius 3 is 2.29 bits per heavy atom. The number of ether oxygens (including phenoxy) is 1. The lowest BCUT2D eigenvalue weighted by Crippen LogP contribution is -2.35. The summed E-state index contributed by atoms with van der Waals surface area (Å²) in [5.74, 6) is 1.34. The van der Waals surface area contributed by atoms with Crippen LogP contribution in [0.15, 0.2) is 57.9 Å². The average Bonchev–Trinajstić information content (AvgIpc) is 3.20. The Morgan fingerprint density at radius 1 is 1.00 bits per heavy atom. The molecule has 9 heteroatoms. The fraction of sp³-hybridized carbons (Fsp3) is 0.385. The minimum absolute atomic E-state index is 0.112. The largest absolute Gasteiger partial charge is 0.489 e. The predicted octanol–water partition coefficient (Wildman–Crippen LogP) is 3.90. The molecule has 0 spiro atoms. The van der Waals surface area contributed by atoms with Gasteiger partial charge in [0.15, 0.2) is 0 Å². The molecule has 1 saturated heterocycles. The van der Waals surface area contributed by atoms with Gasteiger partial charge in [0.1, 0.15) is 18.1 Å². The highest BCUT2D eigenvalue weighted by Crippen LogP contribution is 2.21. The van der Waals surface area contributed by atoms with E-state index in [1.54, 1.807) is 28.6 Å². The maximum Gasteiger partial charge on any atom is 0.243 e. The molecule has 2 aromatic carbocycles. The van der Waals surface area contributed by atoms with Gasteiger partial charge in [-0.05, 0) is 62.1 Å². The molecule has 0 saturated carbocycles. The third-order valence-electron chi connectivity index (χ3n) is 6.22. The molecule has 1 N–H and O–H groups in total. The van der Waals surface area contributed by atoms with E-state index in [0.717, 1.165) is 47.4 Å². The van der Waals surface area contributed by atoms with Crippen LogP contribution in [0.3, 0.4) is 0 Å². The number of hydrogen-bond acceptors (Lipinski definition) is 6. The highest BCUT2D eigenvalue weighted by atomic mass is 32.2. The summed E-state index contributed by atoms with van der Waals surface area (Å²) in [5.41, 5.74) is 3.47. The fourth-order valence-corrected chi connectivity index (χ4v) is 5.57. The van der Waals surface area contributed by atoms with E-state index in [1.165, 1.54) is 0 Å². The molecule has 0 atom stereocenters. The van der Waals surface area contributed by atoms with Crippen LogP contribution in [0.5, 0.6) is 5.75 Å². The van der Waals surface area contributed by atoms with Gasteiger partial charge in [-0.2, -0.15) is 4.31 Å². The van der Waals surface area contributed by atoms with E-state index in [1.807, 2.05) is 38.1 Å². The summed E-state index contributed by atoms with van der Waals surface area (Å²) >= 11 is 0. The third-order valence-corrected chi connectivity index (χ3v) is 8.13. The maximum absolute atomic E-state index is 12.8. The van der Waals surface area contributed by atoms with Crippen LogP contribution in [0.25, 0.3) is 0 Å². The molecule has 0 aliphatic carbocycles. The molecule has 3 aromatic rings. The molecule has 1 aliphatic rings. The van der Waals surface area contributed by atoms with Gasteiger partial charge in [-0.3, -0.25) is 4.79 Å². The first-order valence-electron chi connectivity index (χ1n) is 11.8. The zero-order valence-corrected chi connectivity index (χ0v) is 20.9. The number of aryl methyl sites for hydroxylation is 2. The van der Waals surface area contributed by atoms with Crippen LogP contribution in [0.2, 0.25) is 0 Å². The molecule has 0 unspecified atom stereocenters. The predicted molar refractivity (Wildman–Crippen MR) is 131 cm³/mol. The lowest BCUT2D eigenvalue weighted by molar-refractivity contribution is -0.120. The summed E-state index contributed by atoms with van der Waals surface area (Å²) in [6.45, 7) is 5.60. The van der Waals surface area contributed by atoms with Gasteiger partial charge in [0.05, 0.1) is 22.6 Å². The van der Waals surface area contributed by atoms with Crippen LogP contribution in [0, 0.1) is 13.8 Å². The second kappa shape index (κ2) is 11.0. The molecule has 35 heavy (non-hydrogen) atoms. The first-order chi connectivity index (χ1) is 16.8. The average molecular weight is 498 g/mol. The Bertz CT molecular complexity index is 1230. The van der Waals surface area contributed by atoms with Gasteiger partial charge in [-0.25, -0.2) is 8.42 Å². The maximum atomic E-state index is 12.8. The highest BCUT2D eigenvalue weighted by Gasteiger charge is 2.25. The number of sulfonamides is 1. The van der Waals surface area contributed by atoms with E-state index in [2.05, 4.69) is 10.5 Å². The molecule has 4 rings (SSSR count). The van der Waals surface area contributed by atoms with Crippen LogP contribution < -0.4 is 10.1 Å². The van der Waals surface area contributed by atoms with E-state index >= 15 is 0 Å². The number of nitrogens with one attached hydrogen (secondary N) is 1. The standard InChI is InChI=1S/C26H31N3O5S/c1-19-25(20(2)34-28-19)18-33-23-10-6-21(7-11-23)16-26(30)27-17-22-8-12-24(13-9-22)35(31,32)29-14-4-3-5-15-29/h6-13H,3-5,14-18H2,1-2H3,(H,27,30). The van der Waals surface area contributed by atoms with Crippen molar-refractivity contribution in [2.75, 3.05) is 13.1 Å². The summed E-state index contributed by atoms with van der Waals surface area (Å²) in [7, 11) is -3.45. The Labute approximate surface area is 206 Å². The minimum atomic E-state index is -3.45. The van der Waals surface area contributed by atoms with Crippen molar-refractivity contribution in [2.45, 2.75) is 57.6 Å². The van der Waals surface area contributed by atoms with Crippen LogP contribution in [-0.4, -0.2) is 36.9 Å². The van der Waals surface area contributed by atoms with E-state index < -0.39 is 10.0 Å². The Balaban J connectivity index is 1.25. The summed E-state index contributed by atoms with van der Waals surface area (Å²) in [6, 6.07) is 14.1. The zero-order valence-electron chi connectivity index (χ0n) is 20.1. The van der Waals surface area contributed by atoms with Crippen molar-refractivity contribution in [2.24, 2.45) is 0 Å². The van der Waals surface area contributed by atoms with Crippen molar-refractivity contribution < 1.29 is 22.5 Å². The molecular weight excluding hydrogens is 466 g/mol. The molecule has 1 aliphatic heterocycles. The monoisotopic (exact) mass is 497 g/mol. The van der Waals surface area contributed by atoms with Gasteiger partial charge in [-0.15, -0.1) is 0 Å². The smallest absolute Gasteiger partial charge is 0.243 e. The van der Waals surface area contributed by atoms with E-state index in [4.69, 9.17) is 9.26 Å². The van der Waals surface area contributed by atoms with E-state index in [-0.39, 0.29) is 12.3 Å². The van der Waals surface area contributed by atoms with Gasteiger partial charge >= 0.3 is 0 Å². The van der Waals surface area contributed by atoms with Gasteiger partial charge in [0.25, 0.3) is 0 Å². The summed E-state index contributed by atoms with van der Waals surface area (Å²) < 4.78 is 38.0. The number of benzene rings is 2. The first-order valence-corrected chi connectivity index (χ1v) is 13.3. The van der Waals surface area contributed by atoms with Crippen molar-refractivity contribution in [3.63, 3.8) is 0 Å². The van der Waals surface area contributed by atoms with Crippen molar-refractivity contribution in [1.29, 1.82) is 0 Å². The zero-order chi connectivity index (χ0) is 24.8. The molecule has 1 aromatic heterocycles. The molecular formula is C26H31N3O5S. The third kappa shape index (κ3) is 6.29. The molecule has 1 fully saturated rings. The highest BCUT2D eigenvalue weighted by molar-refractivity contribution is 7.89. The number of aromatic nitrogens is 1. The van der Waals surface area contributed by atoms with E-state index in [9.17, 15) is 13.2 Å². The Morgan fingerprint density at radius 2 is 1.66 bits per heavy atom. The minimum Gasteiger partial charge on any atom is -0.489 e. The van der Waals surface area contributed by atoms with Crippen molar-refractivity contribution in [3.05, 3.63) is 76.7 Å². The Kier molecular flexibility index (Phi) is 7.87. The number of hydrogen-bond donors (Lipinski definition) is 1. The van der Waals surface area contributed by atoms with Crippen molar-refractivity contribution in [1.82, 2.24) is 14.8 Å². The van der Waals surface area contributed by atoms with Crippen LogP contribution in [0.1, 0.15) is 47.4 Å². The first kappa shape index (κ1) is 24.9. The van der Waals surface area contributed by atoms with E-state index in [0.29, 0.717) is 36.9 Å². The molecule has 2 heterocycles. The van der Waals surface area contributed by atoms with Gasteiger partial charge in [-0.1, -0.05) is 35.8 Å². The summed E-state index contributed by atoms with van der Waals surface area (Å²) in [4.78, 5) is 12.7. The second-order valence-electron chi connectivity index (χ2n) is 8.80. The normalized spacial score (nSPS) is 14.6. The molecule has 186 valence electrons. The SMILES string of the molecule is Cc1noc(C)c1COc1ccc(CC(=O)NCc2ccc(S(=O)(=O)N3CCCCC3)cc2)cc1. The summed E-state index contributed by atoms with van der Waals surface area (Å²) in [5, 5.41) is 6.81. The number of amides is 1. The quantitative estimate of drug-likeness (QED) is 0.481. The lowest BCUT2D eigenvalue weighted by Gasteiger charge is -2.25. The lowest BCUT2D eigenvalue weighted by atomic mass is 10.1. The molecule has 0 bridgehead atoms. The second-order valence-corrected chi connectivity index (χ2v) is 10.7. The number of carbonyl (C=O) groups excluding carboxylic acids is 1. The Hall–Kier alpha value is -3.17. The van der Waals surface area contributed by atoms with Gasteiger partial charge in [0.2, 0.25) is 15.9 Å². The number of carbonyl (C=O) groups is 1. The van der Waals surface area contributed by atoms with Crippen LogP contribution in [0.4, 0.5) is 0 Å².